The number of thiophene rings is 1. The Morgan fingerprint density at radius 2 is 1.96 bits per heavy atom. The van der Waals surface area contributed by atoms with Crippen molar-refractivity contribution in [2.24, 2.45) is 5.92 Å². The molecule has 2 atom stereocenters. The molecule has 1 saturated heterocycles. The van der Waals surface area contributed by atoms with Crippen LogP contribution in [0.3, 0.4) is 0 Å². The van der Waals surface area contributed by atoms with Crippen molar-refractivity contribution in [2.75, 3.05) is 13.2 Å². The molecule has 0 bridgehead atoms. The van der Waals surface area contributed by atoms with E-state index in [-0.39, 0.29) is 30.8 Å². The maximum absolute atomic E-state index is 12.3. The summed E-state index contributed by atoms with van der Waals surface area (Å²) in [5.41, 5.74) is 1.03. The number of nitrogens with zero attached hydrogens (tertiary/aromatic N) is 1. The number of hydrogen-bond acceptors (Lipinski definition) is 5. The molecule has 0 aliphatic carbocycles. The number of ketones is 1. The van der Waals surface area contributed by atoms with Crippen LogP contribution in [0, 0.1) is 12.8 Å². The number of carbonyl (C=O) groups is 3. The van der Waals surface area contributed by atoms with Gasteiger partial charge in [0.05, 0.1) is 16.8 Å². The summed E-state index contributed by atoms with van der Waals surface area (Å²) in [6.45, 7) is 3.90. The van der Waals surface area contributed by atoms with Crippen LogP contribution in [0.2, 0.25) is 0 Å². The lowest BCUT2D eigenvalue weighted by Gasteiger charge is -2.25. The minimum atomic E-state index is -0.522. The van der Waals surface area contributed by atoms with Crippen molar-refractivity contribution >= 4 is 29.0 Å². The highest BCUT2D eigenvalue weighted by molar-refractivity contribution is 7.14. The number of likely N-dealkylation sites (tertiary alicyclic amines) is 1. The van der Waals surface area contributed by atoms with Gasteiger partial charge >= 0.3 is 5.97 Å². The Kier molecular flexibility index (Phi) is 5.52. The van der Waals surface area contributed by atoms with Crippen LogP contribution in [0.4, 0.5) is 0 Å². The van der Waals surface area contributed by atoms with Crippen LogP contribution in [0.25, 0.3) is 0 Å². The van der Waals surface area contributed by atoms with Crippen molar-refractivity contribution in [3.05, 3.63) is 57.8 Å². The quantitative estimate of drug-likeness (QED) is 0.577. The fourth-order valence-corrected chi connectivity index (χ4v) is 3.88. The minimum Gasteiger partial charge on any atom is -0.457 e. The van der Waals surface area contributed by atoms with E-state index in [0.717, 1.165) is 10.4 Å². The number of aryl methyl sites for hydroxylation is 1. The van der Waals surface area contributed by atoms with Gasteiger partial charge in [0, 0.05) is 17.8 Å². The number of benzene rings is 1. The van der Waals surface area contributed by atoms with Gasteiger partial charge in [-0.15, -0.1) is 11.3 Å². The Labute approximate surface area is 156 Å². The van der Waals surface area contributed by atoms with Crippen molar-refractivity contribution < 1.29 is 19.1 Å². The van der Waals surface area contributed by atoms with Gasteiger partial charge in [-0.1, -0.05) is 30.3 Å². The van der Waals surface area contributed by atoms with E-state index < -0.39 is 11.9 Å². The normalized spacial score (nSPS) is 18.0. The lowest BCUT2D eigenvalue weighted by atomic mass is 10.1. The van der Waals surface area contributed by atoms with Crippen molar-refractivity contribution in [1.29, 1.82) is 0 Å². The first-order chi connectivity index (χ1) is 12.5. The molecule has 0 spiro atoms. The van der Waals surface area contributed by atoms with E-state index in [4.69, 9.17) is 4.74 Å². The molecule has 1 aliphatic heterocycles. The molecule has 6 heteroatoms. The maximum atomic E-state index is 12.3. The van der Waals surface area contributed by atoms with Crippen LogP contribution in [0.15, 0.2) is 42.5 Å². The second-order valence-corrected chi connectivity index (χ2v) is 7.76. The molecule has 1 aromatic heterocycles. The summed E-state index contributed by atoms with van der Waals surface area (Å²) in [5, 5.41) is 0. The summed E-state index contributed by atoms with van der Waals surface area (Å²) in [6, 6.07) is 13.2. The Morgan fingerprint density at radius 3 is 2.62 bits per heavy atom. The average Bonchev–Trinajstić information content (AvgIpc) is 3.25. The first kappa shape index (κ1) is 18.3. The molecule has 0 unspecified atom stereocenters. The van der Waals surface area contributed by atoms with Gasteiger partial charge in [0.15, 0.2) is 6.61 Å². The predicted octanol–water partition coefficient (Wildman–Crippen LogP) is 3.39. The van der Waals surface area contributed by atoms with E-state index in [1.54, 1.807) is 11.0 Å². The van der Waals surface area contributed by atoms with Gasteiger partial charge in [0.1, 0.15) is 0 Å². The molecule has 136 valence electrons. The highest BCUT2D eigenvalue weighted by atomic mass is 32.1. The third-order valence-electron chi connectivity index (χ3n) is 4.60. The van der Waals surface area contributed by atoms with E-state index in [1.807, 2.05) is 50.2 Å². The highest BCUT2D eigenvalue weighted by Gasteiger charge is 2.38. The van der Waals surface area contributed by atoms with E-state index in [1.165, 1.54) is 11.3 Å². The van der Waals surface area contributed by atoms with Crippen molar-refractivity contribution in [2.45, 2.75) is 26.3 Å². The summed E-state index contributed by atoms with van der Waals surface area (Å²) in [5.74, 6) is -1.28. The summed E-state index contributed by atoms with van der Waals surface area (Å²) in [7, 11) is 0. The largest absolute Gasteiger partial charge is 0.457 e. The zero-order valence-electron chi connectivity index (χ0n) is 14.8. The molecule has 3 rings (SSSR count). The average molecular weight is 371 g/mol. The lowest BCUT2D eigenvalue weighted by molar-refractivity contribution is -0.147. The molecule has 1 aromatic carbocycles. The highest BCUT2D eigenvalue weighted by Crippen LogP contribution is 2.29. The monoisotopic (exact) mass is 371 g/mol. The second kappa shape index (κ2) is 7.83. The first-order valence-electron chi connectivity index (χ1n) is 8.56. The zero-order valence-corrected chi connectivity index (χ0v) is 15.6. The van der Waals surface area contributed by atoms with Crippen molar-refractivity contribution in [3.8, 4) is 0 Å². The Morgan fingerprint density at radius 1 is 1.23 bits per heavy atom. The van der Waals surface area contributed by atoms with Gasteiger partial charge in [-0.25, -0.2) is 0 Å². The molecule has 0 radical (unpaired) electrons. The van der Waals surface area contributed by atoms with Gasteiger partial charge in [0.2, 0.25) is 11.7 Å². The van der Waals surface area contributed by atoms with Crippen molar-refractivity contribution in [3.63, 3.8) is 0 Å². The molecule has 5 nitrogen and oxygen atoms in total. The zero-order chi connectivity index (χ0) is 18.7. The van der Waals surface area contributed by atoms with Gasteiger partial charge in [-0.2, -0.15) is 0 Å². The molecular formula is C20H21NO4S. The number of esters is 1. The number of carbonyl (C=O) groups excluding carboxylic acids is 3. The first-order valence-corrected chi connectivity index (χ1v) is 9.38. The van der Waals surface area contributed by atoms with Crippen LogP contribution in [-0.2, 0) is 14.3 Å². The van der Waals surface area contributed by atoms with E-state index in [0.29, 0.717) is 11.4 Å². The maximum Gasteiger partial charge on any atom is 0.311 e. The van der Waals surface area contributed by atoms with Crippen LogP contribution in [-0.4, -0.2) is 35.7 Å². The van der Waals surface area contributed by atoms with Crippen LogP contribution >= 0.6 is 11.3 Å². The summed E-state index contributed by atoms with van der Waals surface area (Å²) >= 11 is 1.38. The standard InChI is InChI=1S/C20H21NO4S/c1-13-8-9-18(26-13)17(22)12-25-20(24)16-10-19(23)21(11-16)14(2)15-6-4-3-5-7-15/h3-9,14,16H,10-12H2,1-2H3/t14-,16+/m1/s1. The molecule has 1 fully saturated rings. The number of Topliss-reactive ketones (excluding diaryl/α,β-unsaturated/α-hetero) is 1. The minimum absolute atomic E-state index is 0.0662. The van der Waals surface area contributed by atoms with Crippen LogP contribution < -0.4 is 0 Å². The summed E-state index contributed by atoms with van der Waals surface area (Å²) < 4.78 is 5.17. The number of amides is 1. The Hall–Kier alpha value is -2.47. The van der Waals surface area contributed by atoms with Gasteiger partial charge in [0.25, 0.3) is 0 Å². The number of ether oxygens (including phenoxy) is 1. The second-order valence-electron chi connectivity index (χ2n) is 6.47. The fraction of sp³-hybridized carbons (Fsp3) is 0.350. The predicted molar refractivity (Wildman–Crippen MR) is 99.0 cm³/mol. The Bertz CT molecular complexity index is 814. The third-order valence-corrected chi connectivity index (χ3v) is 5.64. The van der Waals surface area contributed by atoms with Crippen LogP contribution in [0.5, 0.6) is 0 Å². The summed E-state index contributed by atoms with van der Waals surface area (Å²) in [6.07, 6.45) is 0.127. The fourth-order valence-electron chi connectivity index (χ4n) is 3.09. The van der Waals surface area contributed by atoms with Crippen LogP contribution in [0.1, 0.15) is 39.5 Å². The van der Waals surface area contributed by atoms with Gasteiger partial charge in [-0.3, -0.25) is 14.4 Å². The molecule has 26 heavy (non-hydrogen) atoms. The van der Waals surface area contributed by atoms with Gasteiger partial charge < -0.3 is 9.64 Å². The van der Waals surface area contributed by atoms with E-state index >= 15 is 0 Å². The molecule has 2 aromatic rings. The molecule has 1 aliphatic rings. The van der Waals surface area contributed by atoms with Gasteiger partial charge in [-0.05, 0) is 31.5 Å². The number of hydrogen-bond donors (Lipinski definition) is 0. The molecular weight excluding hydrogens is 350 g/mol. The molecule has 0 saturated carbocycles. The Balaban J connectivity index is 1.56. The van der Waals surface area contributed by atoms with E-state index in [2.05, 4.69) is 0 Å². The lowest BCUT2D eigenvalue weighted by Crippen LogP contribution is -2.30. The van der Waals surface area contributed by atoms with E-state index in [9.17, 15) is 14.4 Å². The van der Waals surface area contributed by atoms with Crippen molar-refractivity contribution in [1.82, 2.24) is 4.90 Å². The summed E-state index contributed by atoms with van der Waals surface area (Å²) in [4.78, 5) is 40.0. The smallest absolute Gasteiger partial charge is 0.311 e. The topological polar surface area (TPSA) is 63.7 Å². The molecule has 1 amide bonds. The molecule has 2 heterocycles. The third kappa shape index (κ3) is 4.02. The SMILES string of the molecule is Cc1ccc(C(=O)COC(=O)[C@H]2CC(=O)N([C@H](C)c3ccccc3)C2)s1. The molecule has 0 N–H and O–H groups in total. The number of rotatable bonds is 6.